The number of nitrogens with zero attached hydrogens (tertiary/aromatic N) is 3. The summed E-state index contributed by atoms with van der Waals surface area (Å²) in [5.74, 6) is -1.79. The van der Waals surface area contributed by atoms with Crippen LogP contribution in [-0.2, 0) is 14.3 Å². The first-order valence-corrected chi connectivity index (χ1v) is 13.6. The Balaban J connectivity index is 1.75. The van der Waals surface area contributed by atoms with Crippen molar-refractivity contribution in [2.24, 2.45) is 5.92 Å². The van der Waals surface area contributed by atoms with E-state index in [2.05, 4.69) is 16.9 Å². The molecule has 1 unspecified atom stereocenters. The number of ketones is 1. The van der Waals surface area contributed by atoms with E-state index in [0.717, 1.165) is 24.2 Å². The average molecular weight is 550 g/mol. The Kier molecular flexibility index (Phi) is 8.75. The van der Waals surface area contributed by atoms with Crippen LogP contribution in [-0.4, -0.2) is 45.9 Å². The number of pyridine rings is 1. The van der Waals surface area contributed by atoms with E-state index in [1.807, 2.05) is 13.8 Å². The Morgan fingerprint density at radius 1 is 1.18 bits per heavy atom. The van der Waals surface area contributed by atoms with Crippen molar-refractivity contribution in [2.75, 3.05) is 18.1 Å². The maximum absolute atomic E-state index is 13.4. The molecule has 4 rings (SSSR count). The summed E-state index contributed by atoms with van der Waals surface area (Å²) in [5, 5.41) is 11.5. The Bertz CT molecular complexity index is 1380. The highest BCUT2D eigenvalue weighted by atomic mass is 32.1. The molecule has 3 aromatic rings. The molecule has 3 heterocycles. The van der Waals surface area contributed by atoms with Crippen molar-refractivity contribution in [1.29, 1.82) is 0 Å². The van der Waals surface area contributed by atoms with Gasteiger partial charge < -0.3 is 14.6 Å². The summed E-state index contributed by atoms with van der Waals surface area (Å²) in [7, 11) is 0. The van der Waals surface area contributed by atoms with Crippen molar-refractivity contribution in [3.63, 3.8) is 0 Å². The third kappa shape index (κ3) is 6.01. The van der Waals surface area contributed by atoms with Gasteiger partial charge in [-0.15, -0.1) is 0 Å². The topological polar surface area (TPSA) is 119 Å². The van der Waals surface area contributed by atoms with Gasteiger partial charge in [0, 0.05) is 18.0 Å². The lowest BCUT2D eigenvalue weighted by Crippen LogP contribution is -2.29. The highest BCUT2D eigenvalue weighted by Crippen LogP contribution is 2.43. The Morgan fingerprint density at radius 3 is 2.56 bits per heavy atom. The molecule has 1 aliphatic rings. The van der Waals surface area contributed by atoms with E-state index in [9.17, 15) is 19.5 Å². The van der Waals surface area contributed by atoms with E-state index >= 15 is 0 Å². The second-order valence-corrected chi connectivity index (χ2v) is 10.6. The van der Waals surface area contributed by atoms with E-state index in [1.54, 1.807) is 49.5 Å². The number of benzene rings is 1. The summed E-state index contributed by atoms with van der Waals surface area (Å²) < 4.78 is 11.0. The SMILES string of the molecule is CCCCOc1ccc(C(O)=C2C(=O)C(=O)N(c3nc(C)c(C(=O)OCC(C)C)s3)C2c2cccnc2)cc1. The Morgan fingerprint density at radius 2 is 1.92 bits per heavy atom. The fraction of sp³-hybridized carbons (Fsp3) is 0.345. The van der Waals surface area contributed by atoms with Crippen LogP contribution in [0, 0.1) is 12.8 Å². The summed E-state index contributed by atoms with van der Waals surface area (Å²) in [6.45, 7) is 8.40. The number of esters is 1. The van der Waals surface area contributed by atoms with E-state index in [-0.39, 0.29) is 33.9 Å². The average Bonchev–Trinajstić information content (AvgIpc) is 3.44. The summed E-state index contributed by atoms with van der Waals surface area (Å²) in [4.78, 5) is 49.5. The van der Waals surface area contributed by atoms with Gasteiger partial charge in [0.05, 0.1) is 30.5 Å². The number of carbonyl (C=O) groups excluding carboxylic acids is 3. The maximum Gasteiger partial charge on any atom is 0.350 e. The van der Waals surface area contributed by atoms with Gasteiger partial charge in [0.2, 0.25) is 0 Å². The molecule has 1 aromatic carbocycles. The lowest BCUT2D eigenvalue weighted by Gasteiger charge is -2.22. The highest BCUT2D eigenvalue weighted by Gasteiger charge is 2.48. The largest absolute Gasteiger partial charge is 0.507 e. The van der Waals surface area contributed by atoms with E-state index in [1.165, 1.54) is 11.1 Å². The van der Waals surface area contributed by atoms with Crippen molar-refractivity contribution < 1.29 is 29.0 Å². The molecule has 1 fully saturated rings. The van der Waals surface area contributed by atoms with Crippen molar-refractivity contribution in [3.05, 3.63) is 76.1 Å². The molecule has 0 spiro atoms. The second kappa shape index (κ2) is 12.2. The van der Waals surface area contributed by atoms with Crippen LogP contribution in [0.5, 0.6) is 5.75 Å². The number of aliphatic hydroxyl groups is 1. The van der Waals surface area contributed by atoms with Gasteiger partial charge in [-0.3, -0.25) is 19.5 Å². The summed E-state index contributed by atoms with van der Waals surface area (Å²) in [6.07, 6.45) is 5.03. The van der Waals surface area contributed by atoms with E-state index in [0.29, 0.717) is 29.2 Å². The van der Waals surface area contributed by atoms with Gasteiger partial charge in [-0.2, -0.15) is 0 Å². The zero-order valence-electron chi connectivity index (χ0n) is 22.3. The van der Waals surface area contributed by atoms with Crippen molar-refractivity contribution in [1.82, 2.24) is 9.97 Å². The van der Waals surface area contributed by atoms with Crippen LogP contribution >= 0.6 is 11.3 Å². The van der Waals surface area contributed by atoms with Crippen molar-refractivity contribution in [3.8, 4) is 5.75 Å². The second-order valence-electron chi connectivity index (χ2n) is 9.59. The zero-order chi connectivity index (χ0) is 28.1. The van der Waals surface area contributed by atoms with Gasteiger partial charge in [-0.05, 0) is 55.2 Å². The number of aromatic nitrogens is 2. The Labute approximate surface area is 231 Å². The minimum Gasteiger partial charge on any atom is -0.507 e. The summed E-state index contributed by atoms with van der Waals surface area (Å²) >= 11 is 0.968. The number of thiazole rings is 1. The summed E-state index contributed by atoms with van der Waals surface area (Å²) in [6, 6.07) is 9.09. The van der Waals surface area contributed by atoms with Gasteiger partial charge in [0.25, 0.3) is 5.78 Å². The Hall–Kier alpha value is -4.05. The number of rotatable bonds is 10. The molecule has 1 saturated heterocycles. The van der Waals surface area contributed by atoms with Crippen LogP contribution in [0.1, 0.15) is 66.1 Å². The van der Waals surface area contributed by atoms with Crippen molar-refractivity contribution >= 4 is 39.9 Å². The minimum atomic E-state index is -0.996. The molecule has 2 aromatic heterocycles. The predicted molar refractivity (Wildman–Crippen MR) is 148 cm³/mol. The number of aliphatic hydroxyl groups excluding tert-OH is 1. The van der Waals surface area contributed by atoms with Crippen LogP contribution in [0.25, 0.3) is 5.76 Å². The first kappa shape index (κ1) is 28.0. The van der Waals surface area contributed by atoms with Gasteiger partial charge in [-0.1, -0.05) is 44.6 Å². The number of unbranched alkanes of at least 4 members (excludes halogenated alkanes) is 1. The molecule has 39 heavy (non-hydrogen) atoms. The summed E-state index contributed by atoms with van der Waals surface area (Å²) in [5.41, 5.74) is 1.16. The minimum absolute atomic E-state index is 0.0931. The number of aryl methyl sites for hydroxylation is 1. The molecule has 1 aliphatic heterocycles. The fourth-order valence-corrected chi connectivity index (χ4v) is 5.05. The monoisotopic (exact) mass is 549 g/mol. The molecular formula is C29H31N3O6S. The lowest BCUT2D eigenvalue weighted by molar-refractivity contribution is -0.132. The molecule has 1 amide bonds. The van der Waals surface area contributed by atoms with Crippen LogP contribution in [0.2, 0.25) is 0 Å². The fourth-order valence-electron chi connectivity index (χ4n) is 4.06. The standard InChI is InChI=1S/C29H31N3O6S/c1-5-6-14-37-21-11-9-19(10-12-21)24(33)22-23(20-8-7-13-30-15-20)32(27(35)25(22)34)29-31-18(4)26(39-29)28(36)38-16-17(2)3/h7-13,15,17,23,33H,5-6,14,16H2,1-4H3. The van der Waals surface area contributed by atoms with Crippen molar-refractivity contribution in [2.45, 2.75) is 46.6 Å². The number of anilines is 1. The molecular weight excluding hydrogens is 518 g/mol. The molecule has 0 bridgehead atoms. The first-order chi connectivity index (χ1) is 18.7. The van der Waals surface area contributed by atoms with Crippen LogP contribution in [0.15, 0.2) is 54.4 Å². The molecule has 204 valence electrons. The quantitative estimate of drug-likeness (QED) is 0.116. The normalized spacial score (nSPS) is 16.6. The highest BCUT2D eigenvalue weighted by molar-refractivity contribution is 7.17. The number of hydrogen-bond donors (Lipinski definition) is 1. The van der Waals surface area contributed by atoms with Crippen LogP contribution in [0.3, 0.4) is 0 Å². The molecule has 0 aliphatic carbocycles. The third-order valence-electron chi connectivity index (χ3n) is 6.06. The third-order valence-corrected chi connectivity index (χ3v) is 7.20. The van der Waals surface area contributed by atoms with Crippen LogP contribution < -0.4 is 9.64 Å². The predicted octanol–water partition coefficient (Wildman–Crippen LogP) is 5.46. The smallest absolute Gasteiger partial charge is 0.350 e. The van der Waals surface area contributed by atoms with E-state index in [4.69, 9.17) is 9.47 Å². The number of ether oxygens (including phenoxy) is 2. The molecule has 0 saturated carbocycles. The molecule has 9 nitrogen and oxygen atoms in total. The molecule has 0 radical (unpaired) electrons. The molecule has 1 atom stereocenters. The number of hydrogen-bond acceptors (Lipinski definition) is 9. The number of amides is 1. The van der Waals surface area contributed by atoms with Gasteiger partial charge >= 0.3 is 11.9 Å². The van der Waals surface area contributed by atoms with Gasteiger partial charge in [0.1, 0.15) is 16.4 Å². The number of Topliss-reactive ketones (excluding diaryl/α,β-unsaturated/α-hetero) is 1. The number of carbonyl (C=O) groups is 3. The molecule has 1 N–H and O–H groups in total. The van der Waals surface area contributed by atoms with Gasteiger partial charge in [0.15, 0.2) is 5.13 Å². The van der Waals surface area contributed by atoms with E-state index < -0.39 is 23.7 Å². The zero-order valence-corrected chi connectivity index (χ0v) is 23.2. The van der Waals surface area contributed by atoms with Gasteiger partial charge in [-0.25, -0.2) is 9.78 Å². The maximum atomic E-state index is 13.4. The lowest BCUT2D eigenvalue weighted by atomic mass is 9.96. The van der Waals surface area contributed by atoms with Crippen LogP contribution in [0.4, 0.5) is 5.13 Å². The molecule has 10 heteroatoms. The first-order valence-electron chi connectivity index (χ1n) is 12.8.